The molecule has 8 heteroatoms. The van der Waals surface area contributed by atoms with Gasteiger partial charge in [-0.05, 0) is 81.4 Å². The number of hydrogen-bond acceptors (Lipinski definition) is 6. The van der Waals surface area contributed by atoms with Crippen LogP contribution in [0.15, 0.2) is 78.9 Å². The first-order chi connectivity index (χ1) is 18.8. The standard InChI is InChI=1S/C28H34N2O2S.C3H6O3/c1-30(2)18-7-6-17-29-28(31)25-15-13-24(14-16-25)26-10-8-9-23(21-26)22-33-20-19-32-27-11-4-3-5-12-27;1-2(4)3(5)6/h3-5,8-16,21H,6-7,17-20,22H2,1-2H3,(H,29,31);2,4H,1H3,(H,5,6). The number of carboxylic acids is 1. The summed E-state index contributed by atoms with van der Waals surface area (Å²) in [5.74, 6) is 1.61. The number of nitrogens with zero attached hydrogens (tertiary/aromatic N) is 1. The van der Waals surface area contributed by atoms with Gasteiger partial charge >= 0.3 is 5.97 Å². The lowest BCUT2D eigenvalue weighted by molar-refractivity contribution is -0.145. The highest BCUT2D eigenvalue weighted by molar-refractivity contribution is 7.98. The van der Waals surface area contributed by atoms with Gasteiger partial charge in [-0.1, -0.05) is 54.6 Å². The van der Waals surface area contributed by atoms with Crippen LogP contribution in [0.4, 0.5) is 0 Å². The Morgan fingerprint density at radius 1 is 0.949 bits per heavy atom. The van der Waals surface area contributed by atoms with E-state index < -0.39 is 12.1 Å². The second-order valence-electron chi connectivity index (χ2n) is 9.27. The fraction of sp³-hybridized carbons (Fsp3) is 0.355. The van der Waals surface area contributed by atoms with E-state index in [1.54, 1.807) is 0 Å². The van der Waals surface area contributed by atoms with Crippen LogP contribution in [0.3, 0.4) is 0 Å². The summed E-state index contributed by atoms with van der Waals surface area (Å²) >= 11 is 1.87. The first-order valence-corrected chi connectivity index (χ1v) is 14.2. The molecule has 0 spiro atoms. The maximum atomic E-state index is 12.4. The maximum absolute atomic E-state index is 12.4. The Morgan fingerprint density at radius 3 is 2.28 bits per heavy atom. The zero-order valence-corrected chi connectivity index (χ0v) is 23.8. The molecule has 3 aromatic carbocycles. The lowest BCUT2D eigenvalue weighted by Crippen LogP contribution is -2.25. The number of thioether (sulfide) groups is 1. The third-order valence-electron chi connectivity index (χ3n) is 5.59. The normalized spacial score (nSPS) is 11.3. The number of aliphatic hydroxyl groups is 1. The minimum Gasteiger partial charge on any atom is -0.493 e. The summed E-state index contributed by atoms with van der Waals surface area (Å²) in [6.45, 7) is 3.66. The van der Waals surface area contributed by atoms with Crippen LogP contribution in [-0.2, 0) is 10.5 Å². The van der Waals surface area contributed by atoms with Gasteiger partial charge in [0.25, 0.3) is 5.91 Å². The highest BCUT2D eigenvalue weighted by atomic mass is 32.2. The highest BCUT2D eigenvalue weighted by Crippen LogP contribution is 2.23. The SMILES string of the molecule is CC(O)C(=O)O.CN(C)CCCCNC(=O)c1ccc(-c2cccc(CSCCOc3ccccc3)c2)cc1. The number of aliphatic hydroxyl groups excluding tert-OH is 1. The molecule has 39 heavy (non-hydrogen) atoms. The fourth-order valence-electron chi connectivity index (χ4n) is 3.44. The maximum Gasteiger partial charge on any atom is 0.332 e. The Bertz CT molecular complexity index is 1120. The molecule has 1 atom stereocenters. The monoisotopic (exact) mass is 552 g/mol. The molecule has 0 saturated heterocycles. The largest absolute Gasteiger partial charge is 0.493 e. The van der Waals surface area contributed by atoms with Crippen LogP contribution >= 0.6 is 11.8 Å². The molecule has 0 aliphatic heterocycles. The second-order valence-corrected chi connectivity index (χ2v) is 10.4. The van der Waals surface area contributed by atoms with Gasteiger partial charge in [-0.25, -0.2) is 4.79 Å². The van der Waals surface area contributed by atoms with E-state index >= 15 is 0 Å². The molecule has 0 saturated carbocycles. The Labute approximate surface area is 236 Å². The first-order valence-electron chi connectivity index (χ1n) is 13.0. The smallest absolute Gasteiger partial charge is 0.332 e. The molecule has 0 heterocycles. The van der Waals surface area contributed by atoms with Gasteiger partial charge in [-0.3, -0.25) is 4.79 Å². The minimum atomic E-state index is -1.23. The van der Waals surface area contributed by atoms with E-state index in [-0.39, 0.29) is 5.91 Å². The molecule has 0 bridgehead atoms. The van der Waals surface area contributed by atoms with Crippen LogP contribution in [0.2, 0.25) is 0 Å². The summed E-state index contributed by atoms with van der Waals surface area (Å²) in [5, 5.41) is 18.8. The fourth-order valence-corrected chi connectivity index (χ4v) is 4.20. The topological polar surface area (TPSA) is 99.1 Å². The van der Waals surface area contributed by atoms with Gasteiger partial charge in [0.1, 0.15) is 11.9 Å². The van der Waals surface area contributed by atoms with Gasteiger partial charge in [0.15, 0.2) is 0 Å². The Hall–Kier alpha value is -3.33. The minimum absolute atomic E-state index is 0.00530. The van der Waals surface area contributed by atoms with Gasteiger partial charge in [0, 0.05) is 23.6 Å². The molecular weight excluding hydrogens is 512 g/mol. The Balaban J connectivity index is 0.000000798. The zero-order valence-electron chi connectivity index (χ0n) is 23.0. The van der Waals surface area contributed by atoms with E-state index in [9.17, 15) is 9.59 Å². The van der Waals surface area contributed by atoms with Crippen molar-refractivity contribution >= 4 is 23.6 Å². The predicted molar refractivity (Wildman–Crippen MR) is 159 cm³/mol. The van der Waals surface area contributed by atoms with Crippen LogP contribution in [-0.4, -0.2) is 72.6 Å². The van der Waals surface area contributed by atoms with Crippen molar-refractivity contribution in [2.45, 2.75) is 31.6 Å². The zero-order chi connectivity index (χ0) is 28.5. The summed E-state index contributed by atoms with van der Waals surface area (Å²) < 4.78 is 5.76. The Morgan fingerprint density at radius 2 is 1.64 bits per heavy atom. The molecule has 0 aliphatic rings. The van der Waals surface area contributed by atoms with Crippen molar-refractivity contribution in [2.24, 2.45) is 0 Å². The van der Waals surface area contributed by atoms with E-state index in [1.807, 2.05) is 66.4 Å². The molecule has 0 radical (unpaired) electrons. The number of amides is 1. The van der Waals surface area contributed by atoms with Crippen molar-refractivity contribution in [1.82, 2.24) is 10.2 Å². The van der Waals surface area contributed by atoms with Crippen LogP contribution < -0.4 is 10.1 Å². The van der Waals surface area contributed by atoms with Crippen molar-refractivity contribution in [1.29, 1.82) is 0 Å². The molecule has 3 aromatic rings. The molecule has 3 rings (SSSR count). The molecule has 0 aliphatic carbocycles. The third-order valence-corrected chi connectivity index (χ3v) is 6.58. The lowest BCUT2D eigenvalue weighted by atomic mass is 10.0. The van der Waals surface area contributed by atoms with Crippen LogP contribution in [0.25, 0.3) is 11.1 Å². The van der Waals surface area contributed by atoms with Gasteiger partial charge in [0.05, 0.1) is 6.61 Å². The number of rotatable bonds is 14. The van der Waals surface area contributed by atoms with E-state index in [1.165, 1.54) is 18.1 Å². The number of para-hydroxylation sites is 1. The van der Waals surface area contributed by atoms with E-state index in [2.05, 4.69) is 48.6 Å². The molecule has 1 unspecified atom stereocenters. The number of benzene rings is 3. The molecule has 3 N–H and O–H groups in total. The highest BCUT2D eigenvalue weighted by Gasteiger charge is 2.06. The predicted octanol–water partition coefficient (Wildman–Crippen LogP) is 5.19. The molecule has 210 valence electrons. The molecule has 1 amide bonds. The van der Waals surface area contributed by atoms with Crippen molar-refractivity contribution in [2.75, 3.05) is 39.5 Å². The van der Waals surface area contributed by atoms with Gasteiger partial charge in [-0.2, -0.15) is 11.8 Å². The lowest BCUT2D eigenvalue weighted by Gasteiger charge is -2.10. The van der Waals surface area contributed by atoms with Gasteiger partial charge in [-0.15, -0.1) is 0 Å². The van der Waals surface area contributed by atoms with E-state index in [4.69, 9.17) is 14.9 Å². The average Bonchev–Trinajstić information content (AvgIpc) is 2.93. The third kappa shape index (κ3) is 13.3. The number of nitrogens with one attached hydrogen (secondary N) is 1. The van der Waals surface area contributed by atoms with Crippen molar-refractivity contribution in [3.63, 3.8) is 0 Å². The first kappa shape index (κ1) is 31.9. The summed E-state index contributed by atoms with van der Waals surface area (Å²) in [7, 11) is 4.13. The summed E-state index contributed by atoms with van der Waals surface area (Å²) in [6, 6.07) is 26.4. The molecular formula is C31H40N2O5S. The van der Waals surface area contributed by atoms with Gasteiger partial charge < -0.3 is 25.2 Å². The summed E-state index contributed by atoms with van der Waals surface area (Å²) in [4.78, 5) is 24.0. The van der Waals surface area contributed by atoms with Gasteiger partial charge in [0.2, 0.25) is 0 Å². The average molecular weight is 553 g/mol. The molecule has 0 fully saturated rings. The van der Waals surface area contributed by atoms with E-state index in [0.717, 1.165) is 42.2 Å². The van der Waals surface area contributed by atoms with E-state index in [0.29, 0.717) is 18.7 Å². The second kappa shape index (κ2) is 18.0. The number of carboxylic acid groups (broad SMARTS) is 1. The number of aliphatic carboxylic acids is 1. The summed E-state index contributed by atoms with van der Waals surface area (Å²) in [6.07, 6.45) is 0.844. The molecule has 7 nitrogen and oxygen atoms in total. The summed E-state index contributed by atoms with van der Waals surface area (Å²) in [5.41, 5.74) is 4.29. The van der Waals surface area contributed by atoms with Crippen LogP contribution in [0, 0.1) is 0 Å². The number of hydrogen-bond donors (Lipinski definition) is 3. The van der Waals surface area contributed by atoms with Crippen molar-refractivity contribution in [3.8, 4) is 16.9 Å². The number of carbonyl (C=O) groups excluding carboxylic acids is 1. The van der Waals surface area contributed by atoms with Crippen molar-refractivity contribution in [3.05, 3.63) is 90.0 Å². The quantitative estimate of drug-likeness (QED) is 0.237. The Kier molecular flexibility index (Phi) is 14.8. The number of ether oxygens (including phenoxy) is 1. The van der Waals surface area contributed by atoms with Crippen LogP contribution in [0.1, 0.15) is 35.7 Å². The molecule has 0 aromatic heterocycles. The van der Waals surface area contributed by atoms with Crippen molar-refractivity contribution < 1.29 is 24.5 Å². The number of unbranched alkanes of at least 4 members (excludes halogenated alkanes) is 1. The number of carbonyl (C=O) groups is 2. The van der Waals surface area contributed by atoms with Crippen LogP contribution in [0.5, 0.6) is 5.75 Å².